The molecule has 0 aliphatic rings. The number of hydrogen-bond acceptors (Lipinski definition) is 4. The topological polar surface area (TPSA) is 68.3 Å². The molecule has 1 aromatic carbocycles. The van der Waals surface area contributed by atoms with Crippen LogP contribution >= 0.6 is 11.6 Å². The molecule has 2 rings (SSSR count). The van der Waals surface area contributed by atoms with Crippen molar-refractivity contribution in [1.82, 2.24) is 4.98 Å². The molecular formula is C12H11ClN2O3S. The van der Waals surface area contributed by atoms with Crippen molar-refractivity contribution >= 4 is 27.3 Å². The standard InChI is InChI=1S/C12H11ClN2O3S/c1-18-10-3-2-4-11(8-10)19(16,17)15-9-5-6-14-12(13)7-9/h2-8H,1H3,(H,14,15). The van der Waals surface area contributed by atoms with E-state index in [2.05, 4.69) is 9.71 Å². The average Bonchev–Trinajstić information content (AvgIpc) is 2.38. The Balaban J connectivity index is 2.32. The number of sulfonamides is 1. The molecule has 0 bridgehead atoms. The van der Waals surface area contributed by atoms with Crippen LogP contribution in [0.5, 0.6) is 5.75 Å². The Morgan fingerprint density at radius 2 is 2.05 bits per heavy atom. The van der Waals surface area contributed by atoms with Gasteiger partial charge < -0.3 is 4.74 Å². The molecule has 0 saturated heterocycles. The van der Waals surface area contributed by atoms with Crippen LogP contribution in [-0.4, -0.2) is 20.5 Å². The van der Waals surface area contributed by atoms with Gasteiger partial charge >= 0.3 is 0 Å². The maximum atomic E-state index is 12.2. The maximum Gasteiger partial charge on any atom is 0.262 e. The van der Waals surface area contributed by atoms with Crippen molar-refractivity contribution in [2.75, 3.05) is 11.8 Å². The zero-order chi connectivity index (χ0) is 13.9. The minimum absolute atomic E-state index is 0.111. The van der Waals surface area contributed by atoms with E-state index in [-0.39, 0.29) is 10.0 Å². The molecule has 0 radical (unpaired) electrons. The van der Waals surface area contributed by atoms with Crippen LogP contribution < -0.4 is 9.46 Å². The molecule has 100 valence electrons. The SMILES string of the molecule is COc1cccc(S(=O)(=O)Nc2ccnc(Cl)c2)c1. The Kier molecular flexibility index (Phi) is 3.92. The van der Waals surface area contributed by atoms with Crippen LogP contribution in [0.4, 0.5) is 5.69 Å². The summed E-state index contributed by atoms with van der Waals surface area (Å²) >= 11 is 5.70. The Bertz CT molecular complexity index is 689. The normalized spacial score (nSPS) is 11.1. The number of benzene rings is 1. The van der Waals surface area contributed by atoms with Crippen LogP contribution in [-0.2, 0) is 10.0 Å². The summed E-state index contributed by atoms with van der Waals surface area (Å²) in [5.74, 6) is 0.468. The second-order valence-electron chi connectivity index (χ2n) is 3.65. The fourth-order valence-electron chi connectivity index (χ4n) is 1.45. The Morgan fingerprint density at radius 3 is 2.74 bits per heavy atom. The monoisotopic (exact) mass is 298 g/mol. The molecule has 2 aromatic rings. The predicted octanol–water partition coefficient (Wildman–Crippen LogP) is 2.54. The summed E-state index contributed by atoms with van der Waals surface area (Å²) < 4.78 is 31.7. The van der Waals surface area contributed by atoms with E-state index in [1.807, 2.05) is 0 Å². The van der Waals surface area contributed by atoms with Crippen LogP contribution in [0.1, 0.15) is 0 Å². The average molecular weight is 299 g/mol. The Morgan fingerprint density at radius 1 is 1.26 bits per heavy atom. The molecule has 19 heavy (non-hydrogen) atoms. The fraction of sp³-hybridized carbons (Fsp3) is 0.0833. The van der Waals surface area contributed by atoms with Gasteiger partial charge in [0.25, 0.3) is 10.0 Å². The van der Waals surface area contributed by atoms with Crippen molar-refractivity contribution in [3.05, 3.63) is 47.7 Å². The van der Waals surface area contributed by atoms with Gasteiger partial charge in [0.2, 0.25) is 0 Å². The summed E-state index contributed by atoms with van der Waals surface area (Å²) in [5.41, 5.74) is 0.350. The lowest BCUT2D eigenvalue weighted by atomic mass is 10.3. The van der Waals surface area contributed by atoms with E-state index in [1.165, 1.54) is 37.6 Å². The number of rotatable bonds is 4. The van der Waals surface area contributed by atoms with E-state index in [9.17, 15) is 8.42 Å². The van der Waals surface area contributed by atoms with Gasteiger partial charge in [0.05, 0.1) is 17.7 Å². The molecule has 0 aliphatic carbocycles. The van der Waals surface area contributed by atoms with E-state index in [0.717, 1.165) is 0 Å². The third-order valence-electron chi connectivity index (χ3n) is 2.33. The second-order valence-corrected chi connectivity index (χ2v) is 5.72. The summed E-state index contributed by atoms with van der Waals surface area (Å²) in [5, 5.41) is 0.214. The molecule has 1 heterocycles. The summed E-state index contributed by atoms with van der Waals surface area (Å²) in [6.07, 6.45) is 1.42. The Hall–Kier alpha value is -1.79. The minimum Gasteiger partial charge on any atom is -0.497 e. The van der Waals surface area contributed by atoms with E-state index in [4.69, 9.17) is 16.3 Å². The summed E-state index contributed by atoms with van der Waals surface area (Å²) in [6, 6.07) is 9.14. The number of ether oxygens (including phenoxy) is 1. The largest absolute Gasteiger partial charge is 0.497 e. The highest BCUT2D eigenvalue weighted by Crippen LogP contribution is 2.21. The number of methoxy groups -OCH3 is 1. The maximum absolute atomic E-state index is 12.2. The van der Waals surface area contributed by atoms with Gasteiger partial charge in [-0.3, -0.25) is 4.72 Å². The molecule has 1 N–H and O–H groups in total. The second kappa shape index (κ2) is 5.46. The number of hydrogen-bond donors (Lipinski definition) is 1. The van der Waals surface area contributed by atoms with Crippen LogP contribution in [0.25, 0.3) is 0 Å². The molecular weight excluding hydrogens is 288 g/mol. The first-order chi connectivity index (χ1) is 9.01. The molecule has 0 saturated carbocycles. The van der Waals surface area contributed by atoms with Crippen molar-refractivity contribution in [2.45, 2.75) is 4.90 Å². The van der Waals surface area contributed by atoms with Gasteiger partial charge in [-0.1, -0.05) is 17.7 Å². The van der Waals surface area contributed by atoms with Gasteiger partial charge in [0.1, 0.15) is 10.9 Å². The zero-order valence-electron chi connectivity index (χ0n) is 10.00. The van der Waals surface area contributed by atoms with E-state index < -0.39 is 10.0 Å². The van der Waals surface area contributed by atoms with Crippen molar-refractivity contribution in [1.29, 1.82) is 0 Å². The van der Waals surface area contributed by atoms with Gasteiger partial charge in [-0.2, -0.15) is 0 Å². The van der Waals surface area contributed by atoms with E-state index in [1.54, 1.807) is 12.1 Å². The fourth-order valence-corrected chi connectivity index (χ4v) is 2.71. The molecule has 1 aromatic heterocycles. The number of anilines is 1. The smallest absolute Gasteiger partial charge is 0.262 e. The first kappa shape index (κ1) is 13.6. The van der Waals surface area contributed by atoms with Crippen molar-refractivity contribution in [2.24, 2.45) is 0 Å². The number of aromatic nitrogens is 1. The molecule has 0 spiro atoms. The summed E-state index contributed by atoms with van der Waals surface area (Å²) in [7, 11) is -2.21. The predicted molar refractivity (Wildman–Crippen MR) is 73.0 cm³/mol. The number of pyridine rings is 1. The van der Waals surface area contributed by atoms with Gasteiger partial charge in [0, 0.05) is 12.3 Å². The van der Waals surface area contributed by atoms with Crippen LogP contribution in [0.3, 0.4) is 0 Å². The lowest BCUT2D eigenvalue weighted by molar-refractivity contribution is 0.413. The number of nitrogens with one attached hydrogen (secondary N) is 1. The van der Waals surface area contributed by atoms with Crippen molar-refractivity contribution in [3.8, 4) is 5.75 Å². The molecule has 0 atom stereocenters. The third-order valence-corrected chi connectivity index (χ3v) is 3.92. The lowest BCUT2D eigenvalue weighted by Crippen LogP contribution is -2.13. The quantitative estimate of drug-likeness (QED) is 0.881. The molecule has 0 aliphatic heterocycles. The highest BCUT2D eigenvalue weighted by molar-refractivity contribution is 7.92. The van der Waals surface area contributed by atoms with Crippen LogP contribution in [0.2, 0.25) is 5.15 Å². The first-order valence-corrected chi connectivity index (χ1v) is 7.16. The van der Waals surface area contributed by atoms with E-state index >= 15 is 0 Å². The summed E-state index contributed by atoms with van der Waals surface area (Å²) in [4.78, 5) is 3.89. The van der Waals surface area contributed by atoms with E-state index in [0.29, 0.717) is 11.4 Å². The molecule has 0 fully saturated rings. The molecule has 7 heteroatoms. The molecule has 5 nitrogen and oxygen atoms in total. The van der Waals surface area contributed by atoms with Gasteiger partial charge in [-0.25, -0.2) is 13.4 Å². The Labute approximate surface area is 116 Å². The van der Waals surface area contributed by atoms with Crippen molar-refractivity contribution < 1.29 is 13.2 Å². The number of halogens is 1. The van der Waals surface area contributed by atoms with Gasteiger partial charge in [-0.05, 0) is 24.3 Å². The third kappa shape index (κ3) is 3.36. The van der Waals surface area contributed by atoms with Crippen molar-refractivity contribution in [3.63, 3.8) is 0 Å². The molecule has 0 unspecified atom stereocenters. The highest BCUT2D eigenvalue weighted by atomic mass is 35.5. The number of nitrogens with zero attached hydrogens (tertiary/aromatic N) is 1. The highest BCUT2D eigenvalue weighted by Gasteiger charge is 2.15. The van der Waals surface area contributed by atoms with Gasteiger partial charge in [-0.15, -0.1) is 0 Å². The van der Waals surface area contributed by atoms with Crippen LogP contribution in [0.15, 0.2) is 47.5 Å². The zero-order valence-corrected chi connectivity index (χ0v) is 11.6. The lowest BCUT2D eigenvalue weighted by Gasteiger charge is -2.09. The van der Waals surface area contributed by atoms with Gasteiger partial charge in [0.15, 0.2) is 0 Å². The first-order valence-electron chi connectivity index (χ1n) is 5.30. The molecule has 0 amide bonds. The van der Waals surface area contributed by atoms with Crippen LogP contribution in [0, 0.1) is 0 Å². The summed E-state index contributed by atoms with van der Waals surface area (Å²) in [6.45, 7) is 0. The minimum atomic E-state index is -3.68.